The van der Waals surface area contributed by atoms with Crippen molar-refractivity contribution >= 4 is 45.3 Å². The van der Waals surface area contributed by atoms with Crippen LogP contribution in [0.3, 0.4) is 0 Å². The van der Waals surface area contributed by atoms with Crippen molar-refractivity contribution < 1.29 is 17.9 Å². The van der Waals surface area contributed by atoms with Crippen molar-refractivity contribution in [3.05, 3.63) is 82.1 Å². The number of hydrogen-bond donors (Lipinski definition) is 4. The summed E-state index contributed by atoms with van der Waals surface area (Å²) >= 11 is 11.7. The SMILES string of the molecule is COc1ccccc1C(=O)NC[C@]1(c2ccccc2)CC[C@H](NS(=O)(=O)NCCNc2nc(Cl)cc(Cl)n2)CC1. The average Bonchev–Trinajstić information content (AvgIpc) is 2.95. The second-order valence-electron chi connectivity index (χ2n) is 9.58. The summed E-state index contributed by atoms with van der Waals surface area (Å²) in [4.78, 5) is 21.0. The number of halogens is 2. The number of nitrogens with one attached hydrogen (secondary N) is 4. The molecule has 40 heavy (non-hydrogen) atoms. The summed E-state index contributed by atoms with van der Waals surface area (Å²) in [5, 5.41) is 6.36. The maximum Gasteiger partial charge on any atom is 0.277 e. The molecule has 1 heterocycles. The van der Waals surface area contributed by atoms with E-state index in [2.05, 4.69) is 42.2 Å². The zero-order chi connectivity index (χ0) is 28.6. The van der Waals surface area contributed by atoms with Gasteiger partial charge in [-0.05, 0) is 43.4 Å². The van der Waals surface area contributed by atoms with Gasteiger partial charge in [-0.1, -0.05) is 65.7 Å². The monoisotopic (exact) mass is 606 g/mol. The van der Waals surface area contributed by atoms with E-state index in [1.807, 2.05) is 24.3 Å². The predicted molar refractivity (Wildman–Crippen MR) is 156 cm³/mol. The number of aromatic nitrogens is 2. The molecule has 1 aliphatic rings. The summed E-state index contributed by atoms with van der Waals surface area (Å²) in [5.74, 6) is 0.518. The standard InChI is InChI=1S/C27H32Cl2N6O4S/c1-39-22-10-6-5-9-21(22)25(36)31-18-27(19-7-3-2-4-8-19)13-11-20(12-14-27)35-40(37,38)32-16-15-30-26-33-23(28)17-24(29)34-26/h2-10,17,20,32,35H,11-16,18H2,1H3,(H,31,36)(H,30,33,34)/t20-,27-. The van der Waals surface area contributed by atoms with Crippen LogP contribution in [0.4, 0.5) is 5.95 Å². The third kappa shape index (κ3) is 8.05. The topological polar surface area (TPSA) is 134 Å². The highest BCUT2D eigenvalue weighted by Gasteiger charge is 2.38. The van der Waals surface area contributed by atoms with Gasteiger partial charge in [0.25, 0.3) is 16.1 Å². The Morgan fingerprint density at radius 3 is 2.33 bits per heavy atom. The van der Waals surface area contributed by atoms with Crippen LogP contribution >= 0.6 is 23.2 Å². The highest BCUT2D eigenvalue weighted by atomic mass is 35.5. The van der Waals surface area contributed by atoms with Crippen molar-refractivity contribution in [3.63, 3.8) is 0 Å². The number of rotatable bonds is 12. The number of methoxy groups -OCH3 is 1. The van der Waals surface area contributed by atoms with Crippen LogP contribution in [0.15, 0.2) is 60.7 Å². The quantitative estimate of drug-likeness (QED) is 0.181. The number of anilines is 1. The van der Waals surface area contributed by atoms with Crippen LogP contribution < -0.4 is 24.8 Å². The van der Waals surface area contributed by atoms with Gasteiger partial charge in [0, 0.05) is 37.2 Å². The molecule has 4 rings (SSSR count). The van der Waals surface area contributed by atoms with E-state index in [1.165, 1.54) is 13.2 Å². The lowest BCUT2D eigenvalue weighted by Gasteiger charge is -2.41. The van der Waals surface area contributed by atoms with Crippen LogP contribution in [0, 0.1) is 0 Å². The first kappa shape index (κ1) is 30.0. The molecule has 10 nitrogen and oxygen atoms in total. The number of benzene rings is 2. The summed E-state index contributed by atoms with van der Waals surface area (Å²) in [6, 6.07) is 18.3. The van der Waals surface area contributed by atoms with Gasteiger partial charge in [-0.3, -0.25) is 4.79 Å². The van der Waals surface area contributed by atoms with E-state index in [4.69, 9.17) is 27.9 Å². The Balaban J connectivity index is 1.33. The molecule has 4 N–H and O–H groups in total. The van der Waals surface area contributed by atoms with Gasteiger partial charge in [-0.2, -0.15) is 13.1 Å². The lowest BCUT2D eigenvalue weighted by Crippen LogP contribution is -2.49. The van der Waals surface area contributed by atoms with Gasteiger partial charge in [0.2, 0.25) is 5.95 Å². The molecule has 1 aliphatic carbocycles. The molecular weight excluding hydrogens is 575 g/mol. The van der Waals surface area contributed by atoms with Gasteiger partial charge < -0.3 is 15.4 Å². The highest BCUT2D eigenvalue weighted by molar-refractivity contribution is 7.87. The molecule has 1 amide bonds. The average molecular weight is 608 g/mol. The fraction of sp³-hybridized carbons (Fsp3) is 0.370. The Kier molecular flexibility index (Phi) is 10.2. The van der Waals surface area contributed by atoms with Gasteiger partial charge in [0.05, 0.1) is 12.7 Å². The summed E-state index contributed by atoms with van der Waals surface area (Å²) in [6.45, 7) is 0.774. The minimum absolute atomic E-state index is 0.110. The molecule has 13 heteroatoms. The predicted octanol–water partition coefficient (Wildman–Crippen LogP) is 3.94. The Hall–Kier alpha value is -2.96. The Morgan fingerprint density at radius 1 is 1.00 bits per heavy atom. The first-order valence-corrected chi connectivity index (χ1v) is 15.1. The zero-order valence-electron chi connectivity index (χ0n) is 22.0. The van der Waals surface area contributed by atoms with Crippen LogP contribution in [-0.2, 0) is 15.6 Å². The van der Waals surface area contributed by atoms with E-state index in [1.54, 1.807) is 18.2 Å². The molecule has 0 aliphatic heterocycles. The van der Waals surface area contributed by atoms with Gasteiger partial charge in [-0.15, -0.1) is 0 Å². The zero-order valence-corrected chi connectivity index (χ0v) is 24.3. The fourth-order valence-electron chi connectivity index (χ4n) is 4.91. The molecule has 214 valence electrons. The summed E-state index contributed by atoms with van der Waals surface area (Å²) in [6.07, 6.45) is 2.64. The van der Waals surface area contributed by atoms with Gasteiger partial charge >= 0.3 is 0 Å². The molecular formula is C27H32Cl2N6O4S. The highest BCUT2D eigenvalue weighted by Crippen LogP contribution is 2.39. The molecule has 1 saturated carbocycles. The summed E-state index contributed by atoms with van der Waals surface area (Å²) in [7, 11) is -2.20. The molecule has 0 atom stereocenters. The van der Waals surface area contributed by atoms with Crippen molar-refractivity contribution in [1.82, 2.24) is 24.7 Å². The Labute approximate surface area is 244 Å². The van der Waals surface area contributed by atoms with Crippen molar-refractivity contribution in [2.75, 3.05) is 32.1 Å². The van der Waals surface area contributed by atoms with E-state index in [-0.39, 0.29) is 46.7 Å². The second kappa shape index (κ2) is 13.6. The van der Waals surface area contributed by atoms with Crippen molar-refractivity contribution in [1.29, 1.82) is 0 Å². The minimum atomic E-state index is -3.74. The number of para-hydroxylation sites is 1. The third-order valence-electron chi connectivity index (χ3n) is 6.95. The van der Waals surface area contributed by atoms with E-state index >= 15 is 0 Å². The lowest BCUT2D eigenvalue weighted by atomic mass is 9.68. The van der Waals surface area contributed by atoms with Gasteiger partial charge in [0.1, 0.15) is 16.1 Å². The number of nitrogens with zero attached hydrogens (tertiary/aromatic N) is 2. The number of carbonyl (C=O) groups is 1. The van der Waals surface area contributed by atoms with Crippen molar-refractivity contribution in [2.24, 2.45) is 0 Å². The van der Waals surface area contributed by atoms with Crippen molar-refractivity contribution in [3.8, 4) is 5.75 Å². The number of amides is 1. The summed E-state index contributed by atoms with van der Waals surface area (Å²) < 4.78 is 36.0. The molecule has 0 unspecified atom stereocenters. The molecule has 2 aromatic carbocycles. The molecule has 0 bridgehead atoms. The molecule has 0 saturated heterocycles. The van der Waals surface area contributed by atoms with Crippen LogP contribution in [0.5, 0.6) is 5.75 Å². The molecule has 0 spiro atoms. The van der Waals surface area contributed by atoms with Crippen molar-refractivity contribution in [2.45, 2.75) is 37.1 Å². The fourth-order valence-corrected chi connectivity index (χ4v) is 6.47. The molecule has 0 radical (unpaired) electrons. The Morgan fingerprint density at radius 2 is 1.65 bits per heavy atom. The van der Waals surface area contributed by atoms with E-state index in [0.29, 0.717) is 43.5 Å². The van der Waals surface area contributed by atoms with E-state index in [9.17, 15) is 13.2 Å². The largest absolute Gasteiger partial charge is 0.496 e. The molecule has 1 fully saturated rings. The molecule has 3 aromatic rings. The molecule has 1 aromatic heterocycles. The second-order valence-corrected chi connectivity index (χ2v) is 11.9. The summed E-state index contributed by atoms with van der Waals surface area (Å²) in [5.41, 5.74) is 1.26. The number of carbonyl (C=O) groups excluding carboxylic acids is 1. The third-order valence-corrected chi connectivity index (χ3v) is 8.57. The smallest absolute Gasteiger partial charge is 0.277 e. The van der Waals surface area contributed by atoms with Crippen LogP contribution in [0.25, 0.3) is 0 Å². The lowest BCUT2D eigenvalue weighted by molar-refractivity contribution is 0.0932. The first-order valence-electron chi connectivity index (χ1n) is 12.9. The number of ether oxygens (including phenoxy) is 1. The first-order chi connectivity index (χ1) is 19.2. The van der Waals surface area contributed by atoms with Crippen LogP contribution in [-0.4, -0.2) is 57.1 Å². The number of hydrogen-bond acceptors (Lipinski definition) is 7. The van der Waals surface area contributed by atoms with E-state index < -0.39 is 10.2 Å². The maximum atomic E-state index is 13.0. The van der Waals surface area contributed by atoms with Gasteiger partial charge in [0.15, 0.2) is 0 Å². The maximum absolute atomic E-state index is 13.0. The Bertz CT molecular complexity index is 1380. The van der Waals surface area contributed by atoms with Crippen LogP contribution in [0.1, 0.15) is 41.6 Å². The van der Waals surface area contributed by atoms with Crippen LogP contribution in [0.2, 0.25) is 10.3 Å². The normalized spacial score (nSPS) is 19.1. The van der Waals surface area contributed by atoms with E-state index in [0.717, 1.165) is 5.56 Å². The van der Waals surface area contributed by atoms with Gasteiger partial charge in [-0.25, -0.2) is 14.7 Å². The minimum Gasteiger partial charge on any atom is -0.496 e.